The van der Waals surface area contributed by atoms with E-state index in [1.165, 1.54) is 7.05 Å². The van der Waals surface area contributed by atoms with Crippen molar-refractivity contribution in [3.8, 4) is 0 Å². The van der Waals surface area contributed by atoms with Crippen molar-refractivity contribution >= 4 is 17.5 Å². The summed E-state index contributed by atoms with van der Waals surface area (Å²) in [5, 5.41) is 5.94. The summed E-state index contributed by atoms with van der Waals surface area (Å²) in [5.74, 6) is -0.938. The van der Waals surface area contributed by atoms with Gasteiger partial charge in [-0.3, -0.25) is 14.3 Å². The summed E-state index contributed by atoms with van der Waals surface area (Å²) in [5.41, 5.74) is 0.571. The molecule has 9 heteroatoms. The molecule has 134 valence electrons. The van der Waals surface area contributed by atoms with Crippen molar-refractivity contribution in [3.63, 3.8) is 0 Å². The lowest BCUT2D eigenvalue weighted by Gasteiger charge is -2.17. The predicted octanol–water partition coefficient (Wildman–Crippen LogP) is 2.31. The number of aryl methyl sites for hydroxylation is 1. The van der Waals surface area contributed by atoms with Gasteiger partial charge in [-0.2, -0.15) is 18.3 Å². The SMILES string of the molecule is Cc1ccc(NC(=O)CN(C)C(=O)Cn2ccc(C(F)(F)F)n2)cc1. The van der Waals surface area contributed by atoms with Crippen LogP contribution >= 0.6 is 0 Å². The second kappa shape index (κ2) is 7.37. The zero-order valence-corrected chi connectivity index (χ0v) is 13.7. The summed E-state index contributed by atoms with van der Waals surface area (Å²) < 4.78 is 38.3. The Morgan fingerprint density at radius 2 is 1.84 bits per heavy atom. The number of halogens is 3. The molecule has 1 aromatic carbocycles. The van der Waals surface area contributed by atoms with Crippen LogP contribution in [-0.2, 0) is 22.3 Å². The molecule has 1 heterocycles. The zero-order valence-electron chi connectivity index (χ0n) is 13.7. The van der Waals surface area contributed by atoms with Gasteiger partial charge in [0.15, 0.2) is 5.69 Å². The number of hydrogen-bond acceptors (Lipinski definition) is 3. The lowest BCUT2D eigenvalue weighted by Crippen LogP contribution is -2.37. The molecule has 0 bridgehead atoms. The van der Waals surface area contributed by atoms with Crippen molar-refractivity contribution in [2.24, 2.45) is 0 Å². The third-order valence-electron chi connectivity index (χ3n) is 3.37. The molecule has 0 unspecified atom stereocenters. The first-order chi connectivity index (χ1) is 11.6. The standard InChI is InChI=1S/C16H17F3N4O2/c1-11-3-5-12(6-4-11)20-14(24)9-22(2)15(25)10-23-8-7-13(21-23)16(17,18)19/h3-8H,9-10H2,1-2H3,(H,20,24). The molecule has 0 saturated carbocycles. The van der Waals surface area contributed by atoms with Crippen LogP contribution in [0.3, 0.4) is 0 Å². The van der Waals surface area contributed by atoms with Crippen LogP contribution in [0.15, 0.2) is 36.5 Å². The minimum absolute atomic E-state index is 0.222. The molecule has 6 nitrogen and oxygen atoms in total. The lowest BCUT2D eigenvalue weighted by molar-refractivity contribution is -0.142. The Balaban J connectivity index is 1.88. The van der Waals surface area contributed by atoms with Crippen molar-refractivity contribution in [2.45, 2.75) is 19.6 Å². The number of alkyl halides is 3. The summed E-state index contributed by atoms with van der Waals surface area (Å²) in [7, 11) is 1.39. The molecule has 0 radical (unpaired) electrons. The number of nitrogens with one attached hydrogen (secondary N) is 1. The monoisotopic (exact) mass is 354 g/mol. The number of hydrogen-bond donors (Lipinski definition) is 1. The van der Waals surface area contributed by atoms with E-state index in [4.69, 9.17) is 0 Å². The molecule has 0 spiro atoms. The first-order valence-corrected chi connectivity index (χ1v) is 7.36. The van der Waals surface area contributed by atoms with Crippen LogP contribution in [0.25, 0.3) is 0 Å². The summed E-state index contributed by atoms with van der Waals surface area (Å²) in [6.45, 7) is 1.31. The van der Waals surface area contributed by atoms with E-state index in [1.54, 1.807) is 12.1 Å². The van der Waals surface area contributed by atoms with Gasteiger partial charge >= 0.3 is 6.18 Å². The number of likely N-dealkylation sites (N-methyl/N-ethyl adjacent to an activating group) is 1. The largest absolute Gasteiger partial charge is 0.435 e. The van der Waals surface area contributed by atoms with Crippen LogP contribution in [0.2, 0.25) is 0 Å². The van der Waals surface area contributed by atoms with E-state index in [9.17, 15) is 22.8 Å². The predicted molar refractivity (Wildman–Crippen MR) is 84.7 cm³/mol. The minimum atomic E-state index is -4.56. The highest BCUT2D eigenvalue weighted by atomic mass is 19.4. The molecule has 0 atom stereocenters. The summed E-state index contributed by atoms with van der Waals surface area (Å²) >= 11 is 0. The molecule has 0 aliphatic heterocycles. The average Bonchev–Trinajstić information content (AvgIpc) is 2.98. The van der Waals surface area contributed by atoms with Crippen molar-refractivity contribution in [2.75, 3.05) is 18.9 Å². The first-order valence-electron chi connectivity index (χ1n) is 7.36. The van der Waals surface area contributed by atoms with E-state index in [-0.39, 0.29) is 13.1 Å². The molecule has 0 fully saturated rings. The Labute approximate surface area is 142 Å². The molecular weight excluding hydrogens is 337 g/mol. The van der Waals surface area contributed by atoms with E-state index in [0.717, 1.165) is 27.4 Å². The van der Waals surface area contributed by atoms with Gasteiger partial charge in [0, 0.05) is 18.9 Å². The van der Waals surface area contributed by atoms with E-state index in [0.29, 0.717) is 5.69 Å². The second-order valence-corrected chi connectivity index (χ2v) is 5.56. The molecule has 25 heavy (non-hydrogen) atoms. The number of rotatable bonds is 5. The molecule has 2 rings (SSSR count). The third kappa shape index (κ3) is 5.33. The van der Waals surface area contributed by atoms with Crippen LogP contribution < -0.4 is 5.32 Å². The van der Waals surface area contributed by atoms with E-state index < -0.39 is 23.7 Å². The van der Waals surface area contributed by atoms with E-state index in [1.807, 2.05) is 19.1 Å². The van der Waals surface area contributed by atoms with Gasteiger partial charge in [-0.05, 0) is 25.1 Å². The van der Waals surface area contributed by atoms with Crippen molar-refractivity contribution in [3.05, 3.63) is 47.8 Å². The average molecular weight is 354 g/mol. The smallest absolute Gasteiger partial charge is 0.335 e. The maximum atomic E-state index is 12.5. The Morgan fingerprint density at radius 1 is 1.20 bits per heavy atom. The molecule has 0 aliphatic carbocycles. The summed E-state index contributed by atoms with van der Waals surface area (Å²) in [4.78, 5) is 25.1. The Bertz CT molecular complexity index is 753. The Kier molecular flexibility index (Phi) is 5.45. The van der Waals surface area contributed by atoms with Crippen LogP contribution in [0.1, 0.15) is 11.3 Å². The number of aromatic nitrogens is 2. The number of carbonyl (C=O) groups excluding carboxylic acids is 2. The van der Waals surface area contributed by atoms with Crippen LogP contribution in [0, 0.1) is 6.92 Å². The second-order valence-electron chi connectivity index (χ2n) is 5.56. The molecule has 0 aliphatic rings. The van der Waals surface area contributed by atoms with Gasteiger partial charge in [-0.25, -0.2) is 0 Å². The normalized spacial score (nSPS) is 11.2. The van der Waals surface area contributed by atoms with Gasteiger partial charge in [0.05, 0.1) is 6.54 Å². The Morgan fingerprint density at radius 3 is 2.40 bits per heavy atom. The highest BCUT2D eigenvalue weighted by Gasteiger charge is 2.33. The topological polar surface area (TPSA) is 67.2 Å². The fourth-order valence-corrected chi connectivity index (χ4v) is 2.00. The third-order valence-corrected chi connectivity index (χ3v) is 3.37. The first kappa shape index (κ1) is 18.5. The fourth-order valence-electron chi connectivity index (χ4n) is 2.00. The van der Waals surface area contributed by atoms with Crippen LogP contribution in [-0.4, -0.2) is 40.1 Å². The molecule has 2 aromatic rings. The van der Waals surface area contributed by atoms with Crippen molar-refractivity contribution in [1.82, 2.24) is 14.7 Å². The number of benzene rings is 1. The maximum absolute atomic E-state index is 12.5. The molecule has 1 aromatic heterocycles. The molecular formula is C16H17F3N4O2. The van der Waals surface area contributed by atoms with E-state index >= 15 is 0 Å². The Hall–Kier alpha value is -2.84. The van der Waals surface area contributed by atoms with Crippen molar-refractivity contribution < 1.29 is 22.8 Å². The van der Waals surface area contributed by atoms with Gasteiger partial charge in [0.2, 0.25) is 11.8 Å². The number of amides is 2. The van der Waals surface area contributed by atoms with Crippen LogP contribution in [0.4, 0.5) is 18.9 Å². The molecule has 0 saturated heterocycles. The number of nitrogens with zero attached hydrogens (tertiary/aromatic N) is 3. The lowest BCUT2D eigenvalue weighted by atomic mass is 10.2. The highest BCUT2D eigenvalue weighted by molar-refractivity contribution is 5.94. The molecule has 1 N–H and O–H groups in total. The minimum Gasteiger partial charge on any atom is -0.335 e. The molecule has 2 amide bonds. The van der Waals surface area contributed by atoms with Crippen molar-refractivity contribution in [1.29, 1.82) is 0 Å². The summed E-state index contributed by atoms with van der Waals surface area (Å²) in [6, 6.07) is 7.92. The quantitative estimate of drug-likeness (QED) is 0.896. The highest BCUT2D eigenvalue weighted by Crippen LogP contribution is 2.27. The van der Waals surface area contributed by atoms with Gasteiger partial charge in [0.1, 0.15) is 6.54 Å². The fraction of sp³-hybridized carbons (Fsp3) is 0.312. The van der Waals surface area contributed by atoms with E-state index in [2.05, 4.69) is 10.4 Å². The van der Waals surface area contributed by atoms with Gasteiger partial charge < -0.3 is 10.2 Å². The summed E-state index contributed by atoms with van der Waals surface area (Å²) in [6.07, 6.45) is -3.49. The zero-order chi connectivity index (χ0) is 18.6. The van der Waals surface area contributed by atoms with Gasteiger partial charge in [0.25, 0.3) is 0 Å². The number of carbonyl (C=O) groups is 2. The number of anilines is 1. The van der Waals surface area contributed by atoms with Gasteiger partial charge in [-0.1, -0.05) is 17.7 Å². The van der Waals surface area contributed by atoms with Gasteiger partial charge in [-0.15, -0.1) is 0 Å². The van der Waals surface area contributed by atoms with Crippen LogP contribution in [0.5, 0.6) is 0 Å². The maximum Gasteiger partial charge on any atom is 0.435 e.